The van der Waals surface area contributed by atoms with Crippen LogP contribution in [-0.2, 0) is 5.41 Å². The second-order valence-electron chi connectivity index (χ2n) is 5.64. The van der Waals surface area contributed by atoms with Gasteiger partial charge >= 0.3 is 0 Å². The molecule has 0 spiro atoms. The average molecular weight is 419 g/mol. The highest BCUT2D eigenvalue weighted by atomic mass is 127. The van der Waals surface area contributed by atoms with Gasteiger partial charge in [-0.2, -0.15) is 0 Å². The van der Waals surface area contributed by atoms with Gasteiger partial charge < -0.3 is 9.84 Å². The summed E-state index contributed by atoms with van der Waals surface area (Å²) in [5.41, 5.74) is 1.50. The molecule has 0 saturated carbocycles. The molecule has 6 heteroatoms. The van der Waals surface area contributed by atoms with Crippen LogP contribution in [0, 0.1) is 3.57 Å². The van der Waals surface area contributed by atoms with Crippen molar-refractivity contribution in [2.24, 2.45) is 0 Å². The number of phenols is 1. The van der Waals surface area contributed by atoms with Gasteiger partial charge in [-0.15, -0.1) is 0 Å². The second kappa shape index (κ2) is 5.96. The SMILES string of the molecule is COc1cc(-c2nc(Cl)c(I)c(C(C)(C)C)n2)ccc1O. The molecule has 0 aliphatic carbocycles. The number of phenolic OH excluding ortho intramolecular Hbond substituents is 1. The molecule has 1 aromatic carbocycles. The molecule has 0 radical (unpaired) electrons. The van der Waals surface area contributed by atoms with Gasteiger partial charge in [0.05, 0.1) is 16.4 Å². The first kappa shape index (κ1) is 16.3. The summed E-state index contributed by atoms with van der Waals surface area (Å²) in [7, 11) is 1.50. The van der Waals surface area contributed by atoms with E-state index in [1.54, 1.807) is 18.2 Å². The molecule has 0 bridgehead atoms. The Kier molecular flexibility index (Phi) is 4.63. The molecule has 1 aromatic heterocycles. The van der Waals surface area contributed by atoms with Gasteiger partial charge in [0.25, 0.3) is 0 Å². The molecule has 4 nitrogen and oxygen atoms in total. The number of hydrogen-bond donors (Lipinski definition) is 1. The van der Waals surface area contributed by atoms with Crippen molar-refractivity contribution in [3.05, 3.63) is 32.6 Å². The number of halogens is 2. The average Bonchev–Trinajstić information content (AvgIpc) is 2.41. The Labute approximate surface area is 142 Å². The largest absolute Gasteiger partial charge is 0.504 e. The van der Waals surface area contributed by atoms with Crippen LogP contribution in [0.15, 0.2) is 18.2 Å². The fourth-order valence-corrected chi connectivity index (χ4v) is 3.08. The number of aromatic nitrogens is 2. The molecule has 0 amide bonds. The maximum atomic E-state index is 9.67. The van der Waals surface area contributed by atoms with Gasteiger partial charge in [0.1, 0.15) is 5.15 Å². The first-order chi connectivity index (χ1) is 9.74. The Morgan fingerprint density at radius 3 is 2.48 bits per heavy atom. The predicted octanol–water partition coefficient (Wildman–Crippen LogP) is 4.41. The number of methoxy groups -OCH3 is 1. The molecule has 2 aromatic rings. The zero-order valence-electron chi connectivity index (χ0n) is 12.2. The molecule has 0 saturated heterocycles. The van der Waals surface area contributed by atoms with Crippen molar-refractivity contribution in [2.75, 3.05) is 7.11 Å². The Morgan fingerprint density at radius 1 is 1.24 bits per heavy atom. The minimum Gasteiger partial charge on any atom is -0.504 e. The normalized spacial score (nSPS) is 11.5. The topological polar surface area (TPSA) is 55.2 Å². The molecule has 1 heterocycles. The molecule has 112 valence electrons. The van der Waals surface area contributed by atoms with E-state index in [4.69, 9.17) is 16.3 Å². The van der Waals surface area contributed by atoms with E-state index in [1.165, 1.54) is 7.11 Å². The molecule has 21 heavy (non-hydrogen) atoms. The van der Waals surface area contributed by atoms with Crippen molar-refractivity contribution < 1.29 is 9.84 Å². The summed E-state index contributed by atoms with van der Waals surface area (Å²) in [5, 5.41) is 10.1. The Balaban J connectivity index is 2.62. The van der Waals surface area contributed by atoms with Gasteiger partial charge in [0.15, 0.2) is 17.3 Å². The van der Waals surface area contributed by atoms with Gasteiger partial charge in [-0.1, -0.05) is 32.4 Å². The molecule has 1 N–H and O–H groups in total. The third-order valence-corrected chi connectivity index (χ3v) is 4.57. The lowest BCUT2D eigenvalue weighted by Crippen LogP contribution is -2.17. The fraction of sp³-hybridized carbons (Fsp3) is 0.333. The lowest BCUT2D eigenvalue weighted by atomic mass is 9.92. The quantitative estimate of drug-likeness (QED) is 0.580. The Morgan fingerprint density at radius 2 is 1.90 bits per heavy atom. The van der Waals surface area contributed by atoms with Crippen LogP contribution in [-0.4, -0.2) is 22.2 Å². The zero-order valence-corrected chi connectivity index (χ0v) is 15.2. The third-order valence-electron chi connectivity index (χ3n) is 2.96. The van der Waals surface area contributed by atoms with Crippen molar-refractivity contribution >= 4 is 34.2 Å². The van der Waals surface area contributed by atoms with E-state index in [-0.39, 0.29) is 11.2 Å². The summed E-state index contributed by atoms with van der Waals surface area (Å²) in [4.78, 5) is 8.97. The van der Waals surface area contributed by atoms with Gasteiger partial charge in [-0.25, -0.2) is 9.97 Å². The number of hydrogen-bond acceptors (Lipinski definition) is 4. The van der Waals surface area contributed by atoms with E-state index in [2.05, 4.69) is 53.3 Å². The van der Waals surface area contributed by atoms with Crippen LogP contribution in [0.5, 0.6) is 11.5 Å². The number of ether oxygens (including phenoxy) is 1. The van der Waals surface area contributed by atoms with Crippen LogP contribution in [0.2, 0.25) is 5.15 Å². The first-order valence-corrected chi connectivity index (χ1v) is 7.80. The molecule has 0 atom stereocenters. The van der Waals surface area contributed by atoms with Crippen molar-refractivity contribution in [1.82, 2.24) is 9.97 Å². The van der Waals surface area contributed by atoms with Crippen LogP contribution < -0.4 is 4.74 Å². The maximum Gasteiger partial charge on any atom is 0.161 e. The van der Waals surface area contributed by atoms with Crippen molar-refractivity contribution in [3.8, 4) is 22.9 Å². The monoisotopic (exact) mass is 418 g/mol. The summed E-state index contributed by atoms with van der Waals surface area (Å²) >= 11 is 8.40. The van der Waals surface area contributed by atoms with Crippen LogP contribution in [0.25, 0.3) is 11.4 Å². The number of aromatic hydroxyl groups is 1. The van der Waals surface area contributed by atoms with E-state index in [9.17, 15) is 5.11 Å². The summed E-state index contributed by atoms with van der Waals surface area (Å²) < 4.78 is 5.98. The van der Waals surface area contributed by atoms with Gasteiger partial charge in [0.2, 0.25) is 0 Å². The van der Waals surface area contributed by atoms with Crippen molar-refractivity contribution in [3.63, 3.8) is 0 Å². The first-order valence-electron chi connectivity index (χ1n) is 6.35. The van der Waals surface area contributed by atoms with E-state index in [0.717, 1.165) is 14.8 Å². The number of nitrogens with zero attached hydrogens (tertiary/aromatic N) is 2. The van der Waals surface area contributed by atoms with E-state index in [1.807, 2.05) is 0 Å². The van der Waals surface area contributed by atoms with Crippen LogP contribution in [0.4, 0.5) is 0 Å². The highest BCUT2D eigenvalue weighted by Gasteiger charge is 2.23. The summed E-state index contributed by atoms with van der Waals surface area (Å²) in [6, 6.07) is 4.99. The van der Waals surface area contributed by atoms with Gasteiger partial charge in [0, 0.05) is 11.0 Å². The molecule has 0 unspecified atom stereocenters. The van der Waals surface area contributed by atoms with Gasteiger partial charge in [-0.3, -0.25) is 0 Å². The van der Waals surface area contributed by atoms with E-state index >= 15 is 0 Å². The molecule has 0 aliphatic rings. The van der Waals surface area contributed by atoms with E-state index < -0.39 is 0 Å². The summed E-state index contributed by atoms with van der Waals surface area (Å²) in [5.74, 6) is 0.973. The molecular weight excluding hydrogens is 403 g/mol. The maximum absolute atomic E-state index is 9.67. The van der Waals surface area contributed by atoms with Crippen molar-refractivity contribution in [1.29, 1.82) is 0 Å². The second-order valence-corrected chi connectivity index (χ2v) is 7.07. The fourth-order valence-electron chi connectivity index (χ4n) is 1.86. The highest BCUT2D eigenvalue weighted by molar-refractivity contribution is 14.1. The standard InChI is InChI=1S/C15H16ClIN2O2/c1-15(2,3)12-11(17)13(16)19-14(18-12)8-5-6-9(20)10(7-8)21-4/h5-7,20H,1-4H3. The van der Waals surface area contributed by atoms with Crippen molar-refractivity contribution in [2.45, 2.75) is 26.2 Å². The number of benzene rings is 1. The van der Waals surface area contributed by atoms with Gasteiger partial charge in [-0.05, 0) is 40.8 Å². The lowest BCUT2D eigenvalue weighted by Gasteiger charge is -2.20. The summed E-state index contributed by atoms with van der Waals surface area (Å²) in [6.45, 7) is 6.24. The smallest absolute Gasteiger partial charge is 0.161 e. The Bertz CT molecular complexity index is 684. The minimum atomic E-state index is -0.140. The zero-order chi connectivity index (χ0) is 15.8. The molecule has 0 aliphatic heterocycles. The minimum absolute atomic E-state index is 0.0777. The lowest BCUT2D eigenvalue weighted by molar-refractivity contribution is 0.373. The third kappa shape index (κ3) is 3.40. The highest BCUT2D eigenvalue weighted by Crippen LogP contribution is 2.34. The van der Waals surface area contributed by atoms with Crippen LogP contribution >= 0.6 is 34.2 Å². The van der Waals surface area contributed by atoms with Crippen LogP contribution in [0.3, 0.4) is 0 Å². The molecular formula is C15H16ClIN2O2. The van der Waals surface area contributed by atoms with E-state index in [0.29, 0.717) is 16.7 Å². The molecule has 2 rings (SSSR count). The molecule has 0 fully saturated rings. The predicted molar refractivity (Wildman–Crippen MR) is 92.1 cm³/mol. The Hall–Kier alpha value is -1.08. The van der Waals surface area contributed by atoms with Crippen LogP contribution in [0.1, 0.15) is 26.5 Å². The summed E-state index contributed by atoms with van der Waals surface area (Å²) in [6.07, 6.45) is 0. The number of rotatable bonds is 2.